The van der Waals surface area contributed by atoms with Crippen LogP contribution < -0.4 is 0 Å². The van der Waals surface area contributed by atoms with Crippen molar-refractivity contribution in [2.45, 2.75) is 13.3 Å². The zero-order chi connectivity index (χ0) is 8.53. The number of rotatable bonds is 6. The highest BCUT2D eigenvalue weighted by Gasteiger charge is 1.94. The van der Waals surface area contributed by atoms with Gasteiger partial charge in [-0.2, -0.15) is 17.0 Å². The quantitative estimate of drug-likeness (QED) is 0.449. The fraction of sp³-hybridized carbons (Fsp3) is 0.875. The van der Waals surface area contributed by atoms with Gasteiger partial charge in [-0.15, -0.1) is 0 Å². The van der Waals surface area contributed by atoms with E-state index in [-0.39, 0.29) is 0 Å². The minimum absolute atomic E-state index is 0.552. The molecule has 0 atom stereocenters. The first kappa shape index (κ1) is 10.8. The van der Waals surface area contributed by atoms with Crippen molar-refractivity contribution in [1.29, 1.82) is 5.26 Å². The van der Waals surface area contributed by atoms with Gasteiger partial charge in [0.25, 0.3) is 0 Å². The average molecular weight is 172 g/mol. The number of hydrogen-bond donors (Lipinski definition) is 0. The molecule has 64 valence electrons. The molecule has 0 fully saturated rings. The Hall–Kier alpha value is -0.200. The second kappa shape index (κ2) is 7.90. The second-order valence-corrected chi connectivity index (χ2v) is 3.84. The van der Waals surface area contributed by atoms with Crippen molar-refractivity contribution < 1.29 is 0 Å². The smallest absolute Gasteiger partial charge is 0.0863 e. The van der Waals surface area contributed by atoms with Gasteiger partial charge >= 0.3 is 0 Å². The Kier molecular flexibility index (Phi) is 7.76. The fourth-order valence-corrected chi connectivity index (χ4v) is 1.40. The minimum Gasteiger partial charge on any atom is -0.294 e. The molecule has 0 N–H and O–H groups in total. The average Bonchev–Trinajstić information content (AvgIpc) is 1.99. The third-order valence-electron chi connectivity index (χ3n) is 1.37. The van der Waals surface area contributed by atoms with Crippen molar-refractivity contribution in [2.75, 3.05) is 31.6 Å². The standard InChI is InChI=1S/C8H16N2S/c1-3-11-8-4-6-10(2)7-5-9/h3-4,6-8H2,1-2H3. The van der Waals surface area contributed by atoms with Gasteiger partial charge in [-0.1, -0.05) is 6.92 Å². The maximum Gasteiger partial charge on any atom is 0.0863 e. The first-order chi connectivity index (χ1) is 5.31. The largest absolute Gasteiger partial charge is 0.294 e. The van der Waals surface area contributed by atoms with Gasteiger partial charge in [0, 0.05) is 0 Å². The van der Waals surface area contributed by atoms with E-state index in [9.17, 15) is 0 Å². The molecule has 0 aromatic rings. The Morgan fingerprint density at radius 2 is 2.27 bits per heavy atom. The lowest BCUT2D eigenvalue weighted by molar-refractivity contribution is 0.376. The summed E-state index contributed by atoms with van der Waals surface area (Å²) >= 11 is 1.96. The topological polar surface area (TPSA) is 27.0 Å². The summed E-state index contributed by atoms with van der Waals surface area (Å²) in [5, 5.41) is 8.34. The summed E-state index contributed by atoms with van der Waals surface area (Å²) in [6, 6.07) is 2.13. The van der Waals surface area contributed by atoms with Crippen LogP contribution in [-0.2, 0) is 0 Å². The summed E-state index contributed by atoms with van der Waals surface area (Å²) in [6.07, 6.45) is 1.19. The van der Waals surface area contributed by atoms with Gasteiger partial charge in [-0.25, -0.2) is 0 Å². The third kappa shape index (κ3) is 7.70. The number of nitriles is 1. The summed E-state index contributed by atoms with van der Waals surface area (Å²) in [5.74, 6) is 2.41. The molecular formula is C8H16N2S. The molecule has 0 aliphatic heterocycles. The maximum atomic E-state index is 8.34. The highest BCUT2D eigenvalue weighted by atomic mass is 32.2. The van der Waals surface area contributed by atoms with E-state index in [0.29, 0.717) is 6.54 Å². The molecule has 11 heavy (non-hydrogen) atoms. The van der Waals surface area contributed by atoms with E-state index in [1.54, 1.807) is 0 Å². The van der Waals surface area contributed by atoms with Crippen LogP contribution in [0.15, 0.2) is 0 Å². The van der Waals surface area contributed by atoms with E-state index in [1.165, 1.54) is 17.9 Å². The van der Waals surface area contributed by atoms with Gasteiger partial charge in [0.1, 0.15) is 0 Å². The van der Waals surface area contributed by atoms with Crippen molar-refractivity contribution in [3.8, 4) is 6.07 Å². The number of hydrogen-bond acceptors (Lipinski definition) is 3. The van der Waals surface area contributed by atoms with Crippen LogP contribution in [0, 0.1) is 11.3 Å². The normalized spacial score (nSPS) is 10.0. The van der Waals surface area contributed by atoms with Crippen LogP contribution >= 0.6 is 11.8 Å². The Morgan fingerprint density at radius 1 is 1.55 bits per heavy atom. The predicted molar refractivity (Wildman–Crippen MR) is 50.7 cm³/mol. The van der Waals surface area contributed by atoms with Crippen LogP contribution in [0.4, 0.5) is 0 Å². The van der Waals surface area contributed by atoms with Crippen molar-refractivity contribution in [3.63, 3.8) is 0 Å². The van der Waals surface area contributed by atoms with Crippen LogP contribution in [0.1, 0.15) is 13.3 Å². The van der Waals surface area contributed by atoms with Crippen LogP contribution in [0.5, 0.6) is 0 Å². The van der Waals surface area contributed by atoms with E-state index < -0.39 is 0 Å². The predicted octanol–water partition coefficient (Wildman–Crippen LogP) is 1.58. The lowest BCUT2D eigenvalue weighted by Gasteiger charge is -2.10. The van der Waals surface area contributed by atoms with Gasteiger partial charge in [-0.3, -0.25) is 4.90 Å². The first-order valence-electron chi connectivity index (χ1n) is 3.94. The molecule has 0 radical (unpaired) electrons. The van der Waals surface area contributed by atoms with Gasteiger partial charge in [0.05, 0.1) is 12.6 Å². The molecule has 2 nitrogen and oxygen atoms in total. The van der Waals surface area contributed by atoms with E-state index >= 15 is 0 Å². The summed E-state index contributed by atoms with van der Waals surface area (Å²) in [6.45, 7) is 3.76. The molecule has 0 aromatic carbocycles. The molecule has 0 heterocycles. The summed E-state index contributed by atoms with van der Waals surface area (Å²) in [5.41, 5.74) is 0. The second-order valence-electron chi connectivity index (χ2n) is 2.45. The molecule has 0 saturated carbocycles. The maximum absolute atomic E-state index is 8.34. The Labute approximate surface area is 73.6 Å². The van der Waals surface area contributed by atoms with Crippen molar-refractivity contribution in [1.82, 2.24) is 4.90 Å². The molecule has 3 heteroatoms. The molecule has 0 amide bonds. The number of nitrogens with zero attached hydrogens (tertiary/aromatic N) is 2. The third-order valence-corrected chi connectivity index (χ3v) is 2.36. The molecule has 0 bridgehead atoms. The van der Waals surface area contributed by atoms with Crippen molar-refractivity contribution in [3.05, 3.63) is 0 Å². The highest BCUT2D eigenvalue weighted by molar-refractivity contribution is 7.99. The van der Waals surface area contributed by atoms with Crippen molar-refractivity contribution in [2.24, 2.45) is 0 Å². The molecular weight excluding hydrogens is 156 g/mol. The number of thioether (sulfide) groups is 1. The van der Waals surface area contributed by atoms with Gasteiger partial charge in [0.15, 0.2) is 0 Å². The van der Waals surface area contributed by atoms with E-state index in [1.807, 2.05) is 18.8 Å². The van der Waals surface area contributed by atoms with Gasteiger partial charge < -0.3 is 0 Å². The van der Waals surface area contributed by atoms with Crippen molar-refractivity contribution >= 4 is 11.8 Å². The molecule has 0 aromatic heterocycles. The molecule has 0 unspecified atom stereocenters. The minimum atomic E-state index is 0.552. The van der Waals surface area contributed by atoms with Crippen LogP contribution in [0.3, 0.4) is 0 Å². The van der Waals surface area contributed by atoms with E-state index in [4.69, 9.17) is 5.26 Å². The fourth-order valence-electron chi connectivity index (χ4n) is 0.781. The molecule has 0 aliphatic carbocycles. The van der Waals surface area contributed by atoms with Crippen LogP contribution in [0.25, 0.3) is 0 Å². The van der Waals surface area contributed by atoms with Gasteiger partial charge in [-0.05, 0) is 31.5 Å². The van der Waals surface area contributed by atoms with E-state index in [2.05, 4.69) is 17.9 Å². The Morgan fingerprint density at radius 3 is 2.82 bits per heavy atom. The summed E-state index contributed by atoms with van der Waals surface area (Å²) in [4.78, 5) is 2.05. The zero-order valence-corrected chi connectivity index (χ0v) is 8.15. The SMILES string of the molecule is CCSCCCN(C)CC#N. The monoisotopic (exact) mass is 172 g/mol. The Bertz CT molecular complexity index is 120. The van der Waals surface area contributed by atoms with Crippen LogP contribution in [-0.4, -0.2) is 36.5 Å². The molecule has 0 saturated heterocycles. The van der Waals surface area contributed by atoms with Gasteiger partial charge in [0.2, 0.25) is 0 Å². The molecule has 0 aliphatic rings. The lowest BCUT2D eigenvalue weighted by Crippen LogP contribution is -2.20. The highest BCUT2D eigenvalue weighted by Crippen LogP contribution is 2.00. The molecule has 0 spiro atoms. The van der Waals surface area contributed by atoms with Crippen LogP contribution in [0.2, 0.25) is 0 Å². The summed E-state index contributed by atoms with van der Waals surface area (Å²) in [7, 11) is 1.99. The molecule has 0 rings (SSSR count). The lowest BCUT2D eigenvalue weighted by atomic mass is 10.4. The zero-order valence-electron chi connectivity index (χ0n) is 7.34. The van der Waals surface area contributed by atoms with E-state index in [0.717, 1.165) is 6.54 Å². The summed E-state index contributed by atoms with van der Waals surface area (Å²) < 4.78 is 0. The Balaban J connectivity index is 3.05. The first-order valence-corrected chi connectivity index (χ1v) is 5.10.